The van der Waals surface area contributed by atoms with Gasteiger partial charge in [0.05, 0.1) is 5.60 Å². The van der Waals surface area contributed by atoms with E-state index in [9.17, 15) is 4.79 Å². The highest BCUT2D eigenvalue weighted by Crippen LogP contribution is 2.16. The maximum Gasteiger partial charge on any atom is 0.246 e. The smallest absolute Gasteiger partial charge is 0.246 e. The van der Waals surface area contributed by atoms with Gasteiger partial charge < -0.3 is 10.1 Å². The first kappa shape index (κ1) is 11.9. The number of ether oxygens (including phenoxy) is 1. The standard InChI is InChI=1S/C10H19NO2S/c1-10(2,3)13-6-9(12)11-8-4-5-14-7-8/h8H,4-7H2,1-3H3,(H,11,12). The summed E-state index contributed by atoms with van der Waals surface area (Å²) in [7, 11) is 0. The topological polar surface area (TPSA) is 38.3 Å². The van der Waals surface area contributed by atoms with Gasteiger partial charge in [0.1, 0.15) is 6.61 Å². The monoisotopic (exact) mass is 217 g/mol. The van der Waals surface area contributed by atoms with Crippen molar-refractivity contribution in [2.45, 2.75) is 38.8 Å². The maximum atomic E-state index is 11.4. The number of rotatable bonds is 3. The van der Waals surface area contributed by atoms with E-state index in [4.69, 9.17) is 4.74 Å². The summed E-state index contributed by atoms with van der Waals surface area (Å²) in [6, 6.07) is 0.357. The third-order valence-corrected chi connectivity index (χ3v) is 3.09. The molecular formula is C10H19NO2S. The minimum atomic E-state index is -0.234. The molecule has 0 aromatic carbocycles. The van der Waals surface area contributed by atoms with Crippen LogP contribution in [0.15, 0.2) is 0 Å². The number of thioether (sulfide) groups is 1. The van der Waals surface area contributed by atoms with Crippen molar-refractivity contribution in [1.29, 1.82) is 0 Å². The first-order valence-electron chi connectivity index (χ1n) is 4.98. The Balaban J connectivity index is 2.15. The fourth-order valence-corrected chi connectivity index (χ4v) is 2.35. The van der Waals surface area contributed by atoms with Crippen molar-refractivity contribution in [2.75, 3.05) is 18.1 Å². The van der Waals surface area contributed by atoms with Gasteiger partial charge in [0, 0.05) is 11.8 Å². The largest absolute Gasteiger partial charge is 0.366 e. The van der Waals surface area contributed by atoms with E-state index in [1.807, 2.05) is 32.5 Å². The Bertz CT molecular complexity index is 195. The molecule has 0 bridgehead atoms. The molecule has 1 unspecified atom stereocenters. The van der Waals surface area contributed by atoms with Crippen LogP contribution in [0.25, 0.3) is 0 Å². The highest BCUT2D eigenvalue weighted by Gasteiger charge is 2.19. The quantitative estimate of drug-likeness (QED) is 0.777. The Morgan fingerprint density at radius 3 is 2.79 bits per heavy atom. The molecule has 0 aromatic heterocycles. The van der Waals surface area contributed by atoms with Crippen LogP contribution in [0, 0.1) is 0 Å². The first-order valence-corrected chi connectivity index (χ1v) is 6.14. The van der Waals surface area contributed by atoms with Gasteiger partial charge in [-0.1, -0.05) is 0 Å². The molecule has 0 spiro atoms. The third kappa shape index (κ3) is 4.86. The van der Waals surface area contributed by atoms with E-state index in [2.05, 4.69) is 5.32 Å². The van der Waals surface area contributed by atoms with Crippen molar-refractivity contribution in [3.63, 3.8) is 0 Å². The summed E-state index contributed by atoms with van der Waals surface area (Å²) < 4.78 is 5.38. The van der Waals surface area contributed by atoms with Crippen molar-refractivity contribution >= 4 is 17.7 Å². The van der Waals surface area contributed by atoms with Crippen molar-refractivity contribution in [3.05, 3.63) is 0 Å². The van der Waals surface area contributed by atoms with Gasteiger partial charge in [-0.05, 0) is 32.9 Å². The Hall–Kier alpha value is -0.220. The number of carbonyl (C=O) groups excluding carboxylic acids is 1. The van der Waals surface area contributed by atoms with E-state index in [0.29, 0.717) is 6.04 Å². The number of amides is 1. The Labute approximate surface area is 90.0 Å². The van der Waals surface area contributed by atoms with Gasteiger partial charge >= 0.3 is 0 Å². The summed E-state index contributed by atoms with van der Waals surface area (Å²) in [4.78, 5) is 11.4. The molecule has 1 aliphatic rings. The van der Waals surface area contributed by atoms with Crippen LogP contribution in [0.3, 0.4) is 0 Å². The molecule has 1 N–H and O–H groups in total. The second-order valence-electron chi connectivity index (χ2n) is 4.53. The minimum absolute atomic E-state index is 0.00688. The zero-order valence-corrected chi connectivity index (χ0v) is 9.95. The van der Waals surface area contributed by atoms with Gasteiger partial charge in [0.2, 0.25) is 5.91 Å². The van der Waals surface area contributed by atoms with Crippen LogP contribution in [-0.4, -0.2) is 35.7 Å². The highest BCUT2D eigenvalue weighted by molar-refractivity contribution is 7.99. The predicted octanol–water partition coefficient (Wildman–Crippen LogP) is 1.42. The van der Waals surface area contributed by atoms with Crippen molar-refractivity contribution in [3.8, 4) is 0 Å². The normalized spacial score (nSPS) is 22.4. The molecule has 1 aliphatic heterocycles. The van der Waals surface area contributed by atoms with E-state index in [1.165, 1.54) is 0 Å². The van der Waals surface area contributed by atoms with Gasteiger partial charge in [0.15, 0.2) is 0 Å². The molecule has 3 nitrogen and oxygen atoms in total. The average Bonchev–Trinajstić information content (AvgIpc) is 2.52. The molecule has 1 rings (SSSR count). The van der Waals surface area contributed by atoms with Crippen LogP contribution in [0.5, 0.6) is 0 Å². The maximum absolute atomic E-state index is 11.4. The molecule has 0 saturated carbocycles. The van der Waals surface area contributed by atoms with E-state index >= 15 is 0 Å². The molecule has 1 amide bonds. The van der Waals surface area contributed by atoms with Crippen LogP contribution in [0.1, 0.15) is 27.2 Å². The fraction of sp³-hybridized carbons (Fsp3) is 0.900. The van der Waals surface area contributed by atoms with Gasteiger partial charge in [-0.25, -0.2) is 0 Å². The molecule has 82 valence electrons. The Kier molecular flexibility index (Phi) is 4.26. The number of nitrogens with one attached hydrogen (secondary N) is 1. The molecule has 0 aromatic rings. The van der Waals surface area contributed by atoms with Crippen molar-refractivity contribution in [1.82, 2.24) is 5.32 Å². The summed E-state index contributed by atoms with van der Waals surface area (Å²) >= 11 is 1.89. The highest BCUT2D eigenvalue weighted by atomic mass is 32.2. The molecule has 1 saturated heterocycles. The van der Waals surface area contributed by atoms with Gasteiger partial charge in [-0.3, -0.25) is 4.79 Å². The Morgan fingerprint density at radius 2 is 2.29 bits per heavy atom. The van der Waals surface area contributed by atoms with E-state index < -0.39 is 0 Å². The van der Waals surface area contributed by atoms with Crippen LogP contribution in [-0.2, 0) is 9.53 Å². The molecule has 4 heteroatoms. The summed E-state index contributed by atoms with van der Waals surface area (Å²) in [5.41, 5.74) is -0.234. The summed E-state index contributed by atoms with van der Waals surface area (Å²) in [5, 5.41) is 2.97. The van der Waals surface area contributed by atoms with Crippen LogP contribution in [0.2, 0.25) is 0 Å². The van der Waals surface area contributed by atoms with Crippen LogP contribution in [0.4, 0.5) is 0 Å². The van der Waals surface area contributed by atoms with Gasteiger partial charge in [-0.15, -0.1) is 0 Å². The minimum Gasteiger partial charge on any atom is -0.366 e. The van der Waals surface area contributed by atoms with Crippen LogP contribution >= 0.6 is 11.8 Å². The summed E-state index contributed by atoms with van der Waals surface area (Å²) in [5.74, 6) is 2.21. The zero-order valence-electron chi connectivity index (χ0n) is 9.13. The molecule has 1 heterocycles. The lowest BCUT2D eigenvalue weighted by Gasteiger charge is -2.20. The number of hydrogen-bond acceptors (Lipinski definition) is 3. The zero-order chi connectivity index (χ0) is 10.6. The van der Waals surface area contributed by atoms with E-state index in [1.54, 1.807) is 0 Å². The van der Waals surface area contributed by atoms with Crippen molar-refractivity contribution in [2.24, 2.45) is 0 Å². The van der Waals surface area contributed by atoms with Gasteiger partial charge in [0.25, 0.3) is 0 Å². The van der Waals surface area contributed by atoms with Gasteiger partial charge in [-0.2, -0.15) is 11.8 Å². The fourth-order valence-electron chi connectivity index (χ4n) is 1.20. The van der Waals surface area contributed by atoms with E-state index in [0.717, 1.165) is 17.9 Å². The third-order valence-electron chi connectivity index (χ3n) is 1.93. The second kappa shape index (κ2) is 5.03. The predicted molar refractivity (Wildman–Crippen MR) is 59.6 cm³/mol. The molecule has 14 heavy (non-hydrogen) atoms. The lowest BCUT2D eigenvalue weighted by atomic mass is 10.2. The molecule has 0 aliphatic carbocycles. The lowest BCUT2D eigenvalue weighted by Crippen LogP contribution is -2.38. The number of carbonyl (C=O) groups is 1. The van der Waals surface area contributed by atoms with E-state index in [-0.39, 0.29) is 18.1 Å². The summed E-state index contributed by atoms with van der Waals surface area (Å²) in [6.07, 6.45) is 1.09. The SMILES string of the molecule is CC(C)(C)OCC(=O)NC1CCSC1. The summed E-state index contributed by atoms with van der Waals surface area (Å²) in [6.45, 7) is 6.02. The number of hydrogen-bond donors (Lipinski definition) is 1. The Morgan fingerprint density at radius 1 is 1.57 bits per heavy atom. The second-order valence-corrected chi connectivity index (χ2v) is 5.68. The molecule has 1 atom stereocenters. The molecular weight excluding hydrogens is 198 g/mol. The average molecular weight is 217 g/mol. The van der Waals surface area contributed by atoms with Crippen LogP contribution < -0.4 is 5.32 Å². The van der Waals surface area contributed by atoms with Crippen molar-refractivity contribution < 1.29 is 9.53 Å². The molecule has 0 radical (unpaired) electrons. The molecule has 1 fully saturated rings. The lowest BCUT2D eigenvalue weighted by molar-refractivity contribution is -0.131. The first-order chi connectivity index (χ1) is 6.47.